The van der Waals surface area contributed by atoms with Gasteiger partial charge < -0.3 is 4.74 Å². The predicted octanol–water partition coefficient (Wildman–Crippen LogP) is 10.0. The molecular weight excluding hydrogens is 380 g/mol. The normalized spacial score (nSPS) is 13.3. The van der Waals surface area contributed by atoms with E-state index in [1.54, 1.807) is 0 Å². The lowest BCUT2D eigenvalue weighted by Crippen LogP contribution is -2.19. The number of carbonyl (C=O) groups is 1. The number of rotatable bonds is 24. The summed E-state index contributed by atoms with van der Waals surface area (Å²) in [6.45, 7) is 9.43. The number of unbranched alkanes of at least 4 members (excludes halogenated alkanes) is 15. The van der Waals surface area contributed by atoms with E-state index in [4.69, 9.17) is 4.74 Å². The largest absolute Gasteiger partial charge is 0.465 e. The van der Waals surface area contributed by atoms with Crippen LogP contribution in [-0.4, -0.2) is 12.6 Å². The lowest BCUT2D eigenvalue weighted by atomic mass is 9.94. The number of carbonyl (C=O) groups excluding carboxylic acids is 1. The Labute approximate surface area is 196 Å². The Kier molecular flexibility index (Phi) is 23.7. The molecule has 0 bridgehead atoms. The molecule has 0 aliphatic carbocycles. The van der Waals surface area contributed by atoms with Crippen molar-refractivity contribution in [3.63, 3.8) is 0 Å². The number of esters is 1. The predicted molar refractivity (Wildman–Crippen MR) is 138 cm³/mol. The molecule has 2 atom stereocenters. The fraction of sp³-hybridized carbons (Fsp3) is 0.966. The van der Waals surface area contributed by atoms with Crippen LogP contribution in [0.3, 0.4) is 0 Å². The Morgan fingerprint density at radius 2 is 0.935 bits per heavy atom. The van der Waals surface area contributed by atoms with E-state index in [9.17, 15) is 4.79 Å². The van der Waals surface area contributed by atoms with Crippen molar-refractivity contribution >= 4 is 5.97 Å². The molecule has 0 saturated heterocycles. The Hall–Kier alpha value is -0.530. The third-order valence-corrected chi connectivity index (χ3v) is 6.79. The van der Waals surface area contributed by atoms with Crippen LogP contribution in [0.2, 0.25) is 0 Å². The monoisotopic (exact) mass is 438 g/mol. The summed E-state index contributed by atoms with van der Waals surface area (Å²) in [5, 5.41) is 0. The van der Waals surface area contributed by atoms with Crippen molar-refractivity contribution in [2.45, 2.75) is 163 Å². The topological polar surface area (TPSA) is 26.3 Å². The minimum absolute atomic E-state index is 0.0319. The number of hydrogen-bond donors (Lipinski definition) is 0. The standard InChI is InChI=1S/C29H58O2/c1-5-8-11-13-15-16-17-18-20-22-25-28(24-21-19-14-12-9-6-2)26-31-29(30)27(4)23-10-7-3/h27-28H,5-26H2,1-4H3. The third-order valence-electron chi connectivity index (χ3n) is 6.79. The second kappa shape index (κ2) is 24.1. The number of ether oxygens (including phenoxy) is 1. The summed E-state index contributed by atoms with van der Waals surface area (Å²) in [5.74, 6) is 0.666. The smallest absolute Gasteiger partial charge is 0.308 e. The molecule has 0 saturated carbocycles. The van der Waals surface area contributed by atoms with E-state index in [1.807, 2.05) is 6.92 Å². The van der Waals surface area contributed by atoms with Gasteiger partial charge >= 0.3 is 5.97 Å². The Balaban J connectivity index is 4.04. The summed E-state index contributed by atoms with van der Waals surface area (Å²) in [5.41, 5.74) is 0. The SMILES string of the molecule is CCCCCCCCCCCCC(CCCCCCCC)COC(=O)C(C)CCCC. The molecule has 0 rings (SSSR count). The fourth-order valence-electron chi connectivity index (χ4n) is 4.42. The van der Waals surface area contributed by atoms with Crippen LogP contribution in [0.15, 0.2) is 0 Å². The average molecular weight is 439 g/mol. The van der Waals surface area contributed by atoms with E-state index in [1.165, 1.54) is 116 Å². The summed E-state index contributed by atoms with van der Waals surface area (Å²) in [6, 6.07) is 0. The van der Waals surface area contributed by atoms with Crippen LogP contribution in [0.25, 0.3) is 0 Å². The van der Waals surface area contributed by atoms with Gasteiger partial charge in [-0.1, -0.05) is 143 Å². The molecular formula is C29H58O2. The molecule has 0 heterocycles. The maximum absolute atomic E-state index is 12.3. The van der Waals surface area contributed by atoms with Crippen LogP contribution in [0, 0.1) is 11.8 Å². The molecule has 186 valence electrons. The first kappa shape index (κ1) is 30.5. The molecule has 0 aromatic heterocycles. The van der Waals surface area contributed by atoms with Crippen molar-refractivity contribution in [1.82, 2.24) is 0 Å². The summed E-state index contributed by atoms with van der Waals surface area (Å²) in [7, 11) is 0. The lowest BCUT2D eigenvalue weighted by molar-refractivity contribution is -0.149. The zero-order valence-electron chi connectivity index (χ0n) is 22.0. The first-order valence-electron chi connectivity index (χ1n) is 14.3. The molecule has 31 heavy (non-hydrogen) atoms. The van der Waals surface area contributed by atoms with Gasteiger partial charge in [0.25, 0.3) is 0 Å². The fourth-order valence-corrected chi connectivity index (χ4v) is 4.42. The van der Waals surface area contributed by atoms with Gasteiger partial charge in [0.15, 0.2) is 0 Å². The van der Waals surface area contributed by atoms with Crippen molar-refractivity contribution in [1.29, 1.82) is 0 Å². The van der Waals surface area contributed by atoms with E-state index in [0.717, 1.165) is 19.3 Å². The molecule has 0 fully saturated rings. The highest BCUT2D eigenvalue weighted by Crippen LogP contribution is 2.21. The second-order valence-electron chi connectivity index (χ2n) is 10.1. The summed E-state index contributed by atoms with van der Waals surface area (Å²) >= 11 is 0. The van der Waals surface area contributed by atoms with Crippen LogP contribution >= 0.6 is 0 Å². The van der Waals surface area contributed by atoms with Crippen LogP contribution in [0.1, 0.15) is 163 Å². The van der Waals surface area contributed by atoms with Crippen LogP contribution in [0.5, 0.6) is 0 Å². The van der Waals surface area contributed by atoms with Gasteiger partial charge in [-0.15, -0.1) is 0 Å². The van der Waals surface area contributed by atoms with E-state index < -0.39 is 0 Å². The third kappa shape index (κ3) is 21.1. The van der Waals surface area contributed by atoms with Crippen LogP contribution in [-0.2, 0) is 9.53 Å². The molecule has 0 spiro atoms. The molecule has 0 N–H and O–H groups in total. The van der Waals surface area contributed by atoms with Gasteiger partial charge in [-0.25, -0.2) is 0 Å². The summed E-state index contributed by atoms with van der Waals surface area (Å²) in [4.78, 5) is 12.3. The van der Waals surface area contributed by atoms with Crippen molar-refractivity contribution in [3.8, 4) is 0 Å². The first-order chi connectivity index (χ1) is 15.2. The highest BCUT2D eigenvalue weighted by Gasteiger charge is 2.17. The Morgan fingerprint density at radius 1 is 0.548 bits per heavy atom. The summed E-state index contributed by atoms with van der Waals surface area (Å²) in [6.07, 6.45) is 27.7. The van der Waals surface area contributed by atoms with Crippen molar-refractivity contribution in [2.75, 3.05) is 6.61 Å². The molecule has 0 aromatic carbocycles. The molecule has 2 unspecified atom stereocenters. The van der Waals surface area contributed by atoms with E-state index in [-0.39, 0.29) is 11.9 Å². The van der Waals surface area contributed by atoms with Gasteiger partial charge in [-0.3, -0.25) is 4.79 Å². The molecule has 0 aliphatic heterocycles. The van der Waals surface area contributed by atoms with Crippen molar-refractivity contribution in [3.05, 3.63) is 0 Å². The van der Waals surface area contributed by atoms with E-state index >= 15 is 0 Å². The van der Waals surface area contributed by atoms with Gasteiger partial charge in [0, 0.05) is 0 Å². The molecule has 0 aromatic rings. The van der Waals surface area contributed by atoms with Gasteiger partial charge in [0.05, 0.1) is 12.5 Å². The van der Waals surface area contributed by atoms with Gasteiger partial charge in [-0.2, -0.15) is 0 Å². The molecule has 0 radical (unpaired) electrons. The molecule has 0 aliphatic rings. The zero-order valence-corrected chi connectivity index (χ0v) is 22.0. The Morgan fingerprint density at radius 3 is 1.35 bits per heavy atom. The zero-order chi connectivity index (χ0) is 23.0. The first-order valence-corrected chi connectivity index (χ1v) is 14.3. The quantitative estimate of drug-likeness (QED) is 0.111. The molecule has 2 nitrogen and oxygen atoms in total. The van der Waals surface area contributed by atoms with Gasteiger partial charge in [-0.05, 0) is 25.2 Å². The van der Waals surface area contributed by atoms with Crippen molar-refractivity contribution in [2.24, 2.45) is 11.8 Å². The lowest BCUT2D eigenvalue weighted by Gasteiger charge is -2.19. The Bertz CT molecular complexity index is 366. The summed E-state index contributed by atoms with van der Waals surface area (Å²) < 4.78 is 5.76. The molecule has 0 amide bonds. The number of hydrogen-bond acceptors (Lipinski definition) is 2. The van der Waals surface area contributed by atoms with Crippen LogP contribution < -0.4 is 0 Å². The maximum atomic E-state index is 12.3. The van der Waals surface area contributed by atoms with E-state index in [0.29, 0.717) is 12.5 Å². The molecule has 2 heteroatoms. The van der Waals surface area contributed by atoms with Crippen molar-refractivity contribution < 1.29 is 9.53 Å². The minimum atomic E-state index is 0.0319. The van der Waals surface area contributed by atoms with Crippen LogP contribution in [0.4, 0.5) is 0 Å². The van der Waals surface area contributed by atoms with Gasteiger partial charge in [0.1, 0.15) is 0 Å². The highest BCUT2D eigenvalue weighted by molar-refractivity contribution is 5.71. The maximum Gasteiger partial charge on any atom is 0.308 e. The average Bonchev–Trinajstić information content (AvgIpc) is 2.78. The second-order valence-corrected chi connectivity index (χ2v) is 10.1. The van der Waals surface area contributed by atoms with E-state index in [2.05, 4.69) is 20.8 Å². The highest BCUT2D eigenvalue weighted by atomic mass is 16.5. The van der Waals surface area contributed by atoms with Gasteiger partial charge in [0.2, 0.25) is 0 Å². The minimum Gasteiger partial charge on any atom is -0.465 e.